The van der Waals surface area contributed by atoms with Crippen LogP contribution in [0, 0.1) is 6.92 Å². The fourth-order valence-corrected chi connectivity index (χ4v) is 7.48. The Morgan fingerprint density at radius 1 is 0.961 bits per heavy atom. The number of aryl methyl sites for hydroxylation is 1. The number of hydrogen-bond acceptors (Lipinski definition) is 10. The molecule has 0 aliphatic carbocycles. The molecule has 0 spiro atoms. The number of hydrogen-bond donors (Lipinski definition) is 1. The number of carbonyl (C=O) groups is 2. The molecule has 1 aromatic heterocycles. The van der Waals surface area contributed by atoms with Crippen molar-refractivity contribution in [2.24, 2.45) is 0 Å². The molecule has 1 atom stereocenters. The number of rotatable bonds is 14. The van der Waals surface area contributed by atoms with Gasteiger partial charge in [0.1, 0.15) is 18.1 Å². The van der Waals surface area contributed by atoms with Gasteiger partial charge in [-0.25, -0.2) is 0 Å². The number of aliphatic hydroxyl groups is 1. The minimum absolute atomic E-state index is 0.0825. The number of benzene rings is 4. The van der Waals surface area contributed by atoms with Crippen LogP contribution >= 0.6 is 34.7 Å². The van der Waals surface area contributed by atoms with Crippen molar-refractivity contribution in [3.63, 3.8) is 0 Å². The molecule has 1 saturated heterocycles. The average Bonchev–Trinajstić information content (AvgIpc) is 3.72. The molecule has 2 heterocycles. The Morgan fingerprint density at radius 2 is 1.73 bits per heavy atom. The number of ketones is 1. The molecule has 1 amide bonds. The molecular formula is C39H36ClN3O6S2. The van der Waals surface area contributed by atoms with Gasteiger partial charge in [0.05, 0.1) is 25.3 Å². The van der Waals surface area contributed by atoms with E-state index < -0.39 is 17.7 Å². The van der Waals surface area contributed by atoms with Crippen molar-refractivity contribution >= 4 is 57.3 Å². The minimum atomic E-state index is -1.03. The Morgan fingerprint density at radius 3 is 2.45 bits per heavy atom. The second-order valence-corrected chi connectivity index (χ2v) is 14.4. The number of halogens is 1. The predicted molar refractivity (Wildman–Crippen MR) is 201 cm³/mol. The summed E-state index contributed by atoms with van der Waals surface area (Å²) >= 11 is 8.68. The lowest BCUT2D eigenvalue weighted by Crippen LogP contribution is -2.29. The van der Waals surface area contributed by atoms with Crippen molar-refractivity contribution in [1.29, 1.82) is 0 Å². The van der Waals surface area contributed by atoms with Crippen molar-refractivity contribution in [1.82, 2.24) is 10.2 Å². The maximum Gasteiger partial charge on any atom is 0.301 e. The number of aliphatic hydroxyl groups excluding tert-OH is 1. The third kappa shape index (κ3) is 8.22. The van der Waals surface area contributed by atoms with Gasteiger partial charge >= 0.3 is 5.91 Å². The van der Waals surface area contributed by atoms with Crippen LogP contribution in [-0.2, 0) is 21.9 Å². The lowest BCUT2D eigenvalue weighted by molar-refractivity contribution is -0.132. The summed E-state index contributed by atoms with van der Waals surface area (Å²) in [4.78, 5) is 29.0. The molecule has 1 unspecified atom stereocenters. The molecule has 12 heteroatoms. The van der Waals surface area contributed by atoms with Gasteiger partial charge in [0.2, 0.25) is 5.13 Å². The molecule has 4 aromatic carbocycles. The smallest absolute Gasteiger partial charge is 0.301 e. The number of unbranched alkanes of at least 4 members (excludes halogenated alkanes) is 1. The Balaban J connectivity index is 1.34. The highest BCUT2D eigenvalue weighted by atomic mass is 35.5. The minimum Gasteiger partial charge on any atom is -0.507 e. The standard InChI is InChI=1S/C39H36ClN3O6S2/c1-4-5-20-48-31-19-14-27(21-32(31)47-3)34-33(35(44)26-12-17-30(18-13-26)49-22-28-9-7-6-8-24(28)2)36(45)37(46)43(34)38-41-42-39(51-38)50-23-25-10-15-29(40)16-11-25/h6-19,21,34,44H,4-5,20,22-23H2,1-3H3. The van der Waals surface area contributed by atoms with Gasteiger partial charge in [-0.2, -0.15) is 0 Å². The summed E-state index contributed by atoms with van der Waals surface area (Å²) in [6.45, 7) is 4.99. The molecule has 1 N–H and O–H groups in total. The highest BCUT2D eigenvalue weighted by Crippen LogP contribution is 2.46. The Bertz CT molecular complexity index is 2050. The largest absolute Gasteiger partial charge is 0.507 e. The van der Waals surface area contributed by atoms with Gasteiger partial charge in [0, 0.05) is 16.3 Å². The Labute approximate surface area is 309 Å². The molecule has 6 rings (SSSR count). The van der Waals surface area contributed by atoms with Gasteiger partial charge in [-0.3, -0.25) is 14.5 Å². The molecule has 0 saturated carbocycles. The van der Waals surface area contributed by atoms with Crippen LogP contribution < -0.4 is 19.1 Å². The van der Waals surface area contributed by atoms with E-state index in [9.17, 15) is 14.7 Å². The molecule has 51 heavy (non-hydrogen) atoms. The number of carbonyl (C=O) groups excluding carboxylic acids is 2. The van der Waals surface area contributed by atoms with Crippen molar-refractivity contribution in [2.45, 2.75) is 49.4 Å². The number of Topliss-reactive ketones (excluding diaryl/α,β-unsaturated/α-hetero) is 1. The van der Waals surface area contributed by atoms with E-state index in [1.165, 1.54) is 35.1 Å². The summed E-state index contributed by atoms with van der Waals surface area (Å²) in [7, 11) is 1.53. The monoisotopic (exact) mass is 741 g/mol. The van der Waals surface area contributed by atoms with Crippen LogP contribution in [0.1, 0.15) is 53.6 Å². The molecule has 1 aliphatic rings. The first-order valence-corrected chi connectivity index (χ1v) is 18.6. The Kier molecular flexibility index (Phi) is 11.6. The number of ether oxygens (including phenoxy) is 3. The van der Waals surface area contributed by atoms with Crippen LogP contribution in [0.25, 0.3) is 5.76 Å². The molecule has 5 aromatic rings. The molecular weight excluding hydrogens is 706 g/mol. The first-order chi connectivity index (χ1) is 24.8. The maximum absolute atomic E-state index is 13.8. The third-order valence-electron chi connectivity index (χ3n) is 8.36. The van der Waals surface area contributed by atoms with Crippen molar-refractivity contribution in [3.8, 4) is 17.2 Å². The van der Waals surface area contributed by atoms with Gasteiger partial charge in [0.25, 0.3) is 5.78 Å². The number of thioether (sulfide) groups is 1. The summed E-state index contributed by atoms with van der Waals surface area (Å²) < 4.78 is 18.2. The van der Waals surface area contributed by atoms with Gasteiger partial charge in [-0.1, -0.05) is 90.5 Å². The quantitative estimate of drug-likeness (QED) is 0.0297. The van der Waals surface area contributed by atoms with Crippen LogP contribution in [0.3, 0.4) is 0 Å². The highest BCUT2D eigenvalue weighted by molar-refractivity contribution is 8.00. The second-order valence-electron chi connectivity index (χ2n) is 11.8. The number of aromatic nitrogens is 2. The van der Waals surface area contributed by atoms with Crippen molar-refractivity contribution < 1.29 is 28.9 Å². The van der Waals surface area contributed by atoms with E-state index in [1.54, 1.807) is 42.5 Å². The van der Waals surface area contributed by atoms with Crippen LogP contribution in [0.4, 0.5) is 5.13 Å². The number of amides is 1. The highest BCUT2D eigenvalue weighted by Gasteiger charge is 2.48. The van der Waals surface area contributed by atoms with Crippen LogP contribution in [-0.4, -0.2) is 40.7 Å². The van der Waals surface area contributed by atoms with Crippen LogP contribution in [0.5, 0.6) is 17.2 Å². The van der Waals surface area contributed by atoms with E-state index in [0.717, 1.165) is 29.5 Å². The summed E-state index contributed by atoms with van der Waals surface area (Å²) in [5.74, 6) is 0.168. The van der Waals surface area contributed by atoms with Crippen molar-refractivity contribution in [3.05, 3.63) is 129 Å². The van der Waals surface area contributed by atoms with E-state index in [-0.39, 0.29) is 16.5 Å². The molecule has 0 radical (unpaired) electrons. The summed E-state index contributed by atoms with van der Waals surface area (Å²) in [5.41, 5.74) is 4.02. The van der Waals surface area contributed by atoms with E-state index in [0.29, 0.717) is 56.7 Å². The fraction of sp³-hybridized carbons (Fsp3) is 0.231. The molecule has 9 nitrogen and oxygen atoms in total. The summed E-state index contributed by atoms with van der Waals surface area (Å²) in [5, 5.41) is 21.3. The zero-order valence-electron chi connectivity index (χ0n) is 28.3. The first kappa shape index (κ1) is 36.0. The topological polar surface area (TPSA) is 111 Å². The zero-order valence-corrected chi connectivity index (χ0v) is 30.7. The van der Waals surface area contributed by atoms with Gasteiger partial charge in [-0.15, -0.1) is 10.2 Å². The number of anilines is 1. The van der Waals surface area contributed by atoms with Gasteiger partial charge in [-0.05, 0) is 84.1 Å². The van der Waals surface area contributed by atoms with E-state index >= 15 is 0 Å². The van der Waals surface area contributed by atoms with Crippen molar-refractivity contribution in [2.75, 3.05) is 18.6 Å². The van der Waals surface area contributed by atoms with Gasteiger partial charge < -0.3 is 19.3 Å². The SMILES string of the molecule is CCCCOc1ccc(C2C(=C(O)c3ccc(OCc4ccccc4C)cc3)C(=O)C(=O)N2c2nnc(SCc3ccc(Cl)cc3)s2)cc1OC. The van der Waals surface area contributed by atoms with Crippen LogP contribution in [0.2, 0.25) is 5.02 Å². The lowest BCUT2D eigenvalue weighted by atomic mass is 9.95. The normalized spacial score (nSPS) is 15.3. The lowest BCUT2D eigenvalue weighted by Gasteiger charge is -2.23. The molecule has 0 bridgehead atoms. The van der Waals surface area contributed by atoms with Gasteiger partial charge in [0.15, 0.2) is 15.8 Å². The first-order valence-electron chi connectivity index (χ1n) is 16.4. The van der Waals surface area contributed by atoms with E-state index in [4.69, 9.17) is 25.8 Å². The Hall–Kier alpha value is -4.84. The summed E-state index contributed by atoms with van der Waals surface area (Å²) in [6, 6.07) is 26.5. The third-order valence-corrected chi connectivity index (χ3v) is 10.7. The zero-order chi connectivity index (χ0) is 35.9. The number of nitrogens with zero attached hydrogens (tertiary/aromatic N) is 3. The van der Waals surface area contributed by atoms with Crippen LogP contribution in [0.15, 0.2) is 101 Å². The predicted octanol–water partition coefficient (Wildman–Crippen LogP) is 9.19. The number of methoxy groups -OCH3 is 1. The molecule has 262 valence electrons. The maximum atomic E-state index is 13.8. The average molecular weight is 742 g/mol. The fourth-order valence-electron chi connectivity index (χ4n) is 5.53. The summed E-state index contributed by atoms with van der Waals surface area (Å²) in [6.07, 6.45) is 1.84. The molecule has 1 fully saturated rings. The molecule has 1 aliphatic heterocycles. The van der Waals surface area contributed by atoms with E-state index in [2.05, 4.69) is 17.1 Å². The van der Waals surface area contributed by atoms with E-state index in [1.807, 2.05) is 55.5 Å². The second kappa shape index (κ2) is 16.5.